The Kier molecular flexibility index (Phi) is 5.55. The molecule has 0 bridgehead atoms. The Balaban J connectivity index is 1.73. The predicted molar refractivity (Wildman–Crippen MR) is 105 cm³/mol. The van der Waals surface area contributed by atoms with Gasteiger partial charge < -0.3 is 24.8 Å². The Morgan fingerprint density at radius 1 is 1.22 bits per heavy atom. The fourth-order valence-electron chi connectivity index (χ4n) is 2.70. The molecule has 2 N–H and O–H groups in total. The summed E-state index contributed by atoms with van der Waals surface area (Å²) in [6.45, 7) is 1.68. The van der Waals surface area contributed by atoms with Crippen LogP contribution in [0.4, 0.5) is 11.4 Å². The number of fused-ring (bicyclic) bond motifs is 1. The lowest BCUT2D eigenvalue weighted by molar-refractivity contribution is -0.122. The van der Waals surface area contributed by atoms with E-state index in [2.05, 4.69) is 26.6 Å². The molecular formula is C19H19BrN2O5. The van der Waals surface area contributed by atoms with Crippen LogP contribution in [-0.4, -0.2) is 32.1 Å². The lowest BCUT2D eigenvalue weighted by atomic mass is 10.1. The van der Waals surface area contributed by atoms with Crippen molar-refractivity contribution >= 4 is 39.1 Å². The van der Waals surface area contributed by atoms with Crippen molar-refractivity contribution < 1.29 is 23.8 Å². The minimum Gasteiger partial charge on any atom is -0.493 e. The second-order valence-electron chi connectivity index (χ2n) is 5.98. The number of amides is 2. The molecular weight excluding hydrogens is 416 g/mol. The van der Waals surface area contributed by atoms with Crippen molar-refractivity contribution in [3.63, 3.8) is 0 Å². The molecule has 2 amide bonds. The summed E-state index contributed by atoms with van der Waals surface area (Å²) in [6.07, 6.45) is -0.405. The van der Waals surface area contributed by atoms with E-state index in [1.54, 1.807) is 51.5 Å². The Hall–Kier alpha value is -2.74. The van der Waals surface area contributed by atoms with Crippen LogP contribution in [0.2, 0.25) is 0 Å². The summed E-state index contributed by atoms with van der Waals surface area (Å²) in [5.74, 6) is 1.27. The van der Waals surface area contributed by atoms with Gasteiger partial charge in [0.2, 0.25) is 5.91 Å². The standard InChI is InChI=1S/C19H19BrN2O5/c1-10-19(24)22-14-8-12(4-5-15(14)27-10)21-18(23)7-11-6-16(25-2)17(26-3)9-13(11)20/h4-6,8-10H,7H2,1-3H3,(H,21,23)(H,22,24). The monoisotopic (exact) mass is 434 g/mol. The zero-order valence-electron chi connectivity index (χ0n) is 15.1. The number of halogens is 1. The van der Waals surface area contributed by atoms with Gasteiger partial charge in [0.1, 0.15) is 5.75 Å². The van der Waals surface area contributed by atoms with Gasteiger partial charge in [-0.2, -0.15) is 0 Å². The Morgan fingerprint density at radius 2 is 1.93 bits per heavy atom. The summed E-state index contributed by atoms with van der Waals surface area (Å²) >= 11 is 3.45. The topological polar surface area (TPSA) is 85.9 Å². The molecule has 2 aromatic carbocycles. The van der Waals surface area contributed by atoms with Crippen LogP contribution in [0.1, 0.15) is 12.5 Å². The van der Waals surface area contributed by atoms with Crippen LogP contribution < -0.4 is 24.8 Å². The van der Waals surface area contributed by atoms with Crippen molar-refractivity contribution in [2.75, 3.05) is 24.9 Å². The van der Waals surface area contributed by atoms with E-state index >= 15 is 0 Å². The van der Waals surface area contributed by atoms with Gasteiger partial charge in [-0.1, -0.05) is 15.9 Å². The average Bonchev–Trinajstić information content (AvgIpc) is 2.64. The number of hydrogen-bond donors (Lipinski definition) is 2. The van der Waals surface area contributed by atoms with E-state index in [1.165, 1.54) is 0 Å². The molecule has 1 aliphatic heterocycles. The zero-order valence-corrected chi connectivity index (χ0v) is 16.7. The molecule has 0 saturated heterocycles. The molecule has 0 saturated carbocycles. The van der Waals surface area contributed by atoms with Crippen molar-refractivity contribution in [2.45, 2.75) is 19.4 Å². The zero-order chi connectivity index (χ0) is 19.6. The molecule has 1 unspecified atom stereocenters. The van der Waals surface area contributed by atoms with Crippen LogP contribution in [0, 0.1) is 0 Å². The highest BCUT2D eigenvalue weighted by atomic mass is 79.9. The molecule has 27 heavy (non-hydrogen) atoms. The lowest BCUT2D eigenvalue weighted by Gasteiger charge is -2.23. The fraction of sp³-hybridized carbons (Fsp3) is 0.263. The Bertz CT molecular complexity index is 900. The Morgan fingerprint density at radius 3 is 2.63 bits per heavy atom. The van der Waals surface area contributed by atoms with Crippen LogP contribution in [0.25, 0.3) is 0 Å². The minimum atomic E-state index is -0.541. The number of hydrogen-bond acceptors (Lipinski definition) is 5. The van der Waals surface area contributed by atoms with Gasteiger partial charge >= 0.3 is 0 Å². The number of rotatable bonds is 5. The van der Waals surface area contributed by atoms with Gasteiger partial charge in [-0.25, -0.2) is 0 Å². The summed E-state index contributed by atoms with van der Waals surface area (Å²) in [5.41, 5.74) is 1.85. The lowest BCUT2D eigenvalue weighted by Crippen LogP contribution is -2.34. The summed E-state index contributed by atoms with van der Waals surface area (Å²) in [5, 5.41) is 5.58. The van der Waals surface area contributed by atoms with E-state index < -0.39 is 6.10 Å². The summed E-state index contributed by atoms with van der Waals surface area (Å²) in [6, 6.07) is 8.62. The first-order valence-electron chi connectivity index (χ1n) is 8.23. The molecule has 0 fully saturated rings. The number of anilines is 2. The molecule has 1 heterocycles. The van der Waals surface area contributed by atoms with Gasteiger partial charge in [-0.15, -0.1) is 0 Å². The highest BCUT2D eigenvalue weighted by molar-refractivity contribution is 9.10. The van der Waals surface area contributed by atoms with Crippen LogP contribution in [0.3, 0.4) is 0 Å². The molecule has 1 aliphatic rings. The van der Waals surface area contributed by atoms with Crippen molar-refractivity contribution in [1.29, 1.82) is 0 Å². The van der Waals surface area contributed by atoms with E-state index in [1.807, 2.05) is 0 Å². The SMILES string of the molecule is COc1cc(Br)c(CC(=O)Nc2ccc3c(c2)NC(=O)C(C)O3)cc1OC. The molecule has 2 aromatic rings. The van der Waals surface area contributed by atoms with Gasteiger partial charge in [0, 0.05) is 10.2 Å². The van der Waals surface area contributed by atoms with Crippen LogP contribution in [-0.2, 0) is 16.0 Å². The normalized spacial score (nSPS) is 15.3. The van der Waals surface area contributed by atoms with E-state index in [4.69, 9.17) is 14.2 Å². The number of methoxy groups -OCH3 is 2. The van der Waals surface area contributed by atoms with Gasteiger partial charge in [0.25, 0.3) is 5.91 Å². The second-order valence-corrected chi connectivity index (χ2v) is 6.84. The van der Waals surface area contributed by atoms with Gasteiger partial charge in [0.15, 0.2) is 17.6 Å². The molecule has 142 valence electrons. The highest BCUT2D eigenvalue weighted by Gasteiger charge is 2.23. The first-order valence-corrected chi connectivity index (χ1v) is 9.02. The number of carbonyl (C=O) groups is 2. The molecule has 1 atom stereocenters. The molecule has 0 aromatic heterocycles. The fourth-order valence-corrected chi connectivity index (χ4v) is 3.16. The first-order chi connectivity index (χ1) is 12.9. The number of ether oxygens (including phenoxy) is 3. The van der Waals surface area contributed by atoms with E-state index in [0.717, 1.165) is 10.0 Å². The number of benzene rings is 2. The van der Waals surface area contributed by atoms with Gasteiger partial charge in [-0.3, -0.25) is 9.59 Å². The smallest absolute Gasteiger partial charge is 0.265 e. The van der Waals surface area contributed by atoms with Crippen LogP contribution in [0.15, 0.2) is 34.8 Å². The second kappa shape index (κ2) is 7.87. The molecule has 0 aliphatic carbocycles. The maximum absolute atomic E-state index is 12.5. The number of nitrogens with one attached hydrogen (secondary N) is 2. The molecule has 7 nitrogen and oxygen atoms in total. The third-order valence-corrected chi connectivity index (χ3v) is 4.84. The summed E-state index contributed by atoms with van der Waals surface area (Å²) < 4.78 is 16.8. The highest BCUT2D eigenvalue weighted by Crippen LogP contribution is 2.34. The van der Waals surface area contributed by atoms with E-state index in [9.17, 15) is 9.59 Å². The quantitative estimate of drug-likeness (QED) is 0.753. The third-order valence-electron chi connectivity index (χ3n) is 4.10. The van der Waals surface area contributed by atoms with Gasteiger partial charge in [-0.05, 0) is 42.8 Å². The van der Waals surface area contributed by atoms with Crippen LogP contribution >= 0.6 is 15.9 Å². The predicted octanol–water partition coefficient (Wildman–Crippen LogP) is 3.37. The van der Waals surface area contributed by atoms with Gasteiger partial charge in [0.05, 0.1) is 26.3 Å². The van der Waals surface area contributed by atoms with Crippen LogP contribution in [0.5, 0.6) is 17.2 Å². The largest absolute Gasteiger partial charge is 0.493 e. The first kappa shape index (κ1) is 19.0. The number of carbonyl (C=O) groups excluding carboxylic acids is 2. The Labute approximate surface area is 165 Å². The molecule has 0 spiro atoms. The summed E-state index contributed by atoms with van der Waals surface area (Å²) in [7, 11) is 3.09. The van der Waals surface area contributed by atoms with Crippen molar-refractivity contribution in [2.24, 2.45) is 0 Å². The van der Waals surface area contributed by atoms with Crippen molar-refractivity contribution in [1.82, 2.24) is 0 Å². The maximum Gasteiger partial charge on any atom is 0.265 e. The van der Waals surface area contributed by atoms with Crippen molar-refractivity contribution in [3.8, 4) is 17.2 Å². The maximum atomic E-state index is 12.5. The molecule has 8 heteroatoms. The molecule has 0 radical (unpaired) electrons. The minimum absolute atomic E-state index is 0.137. The average molecular weight is 435 g/mol. The van der Waals surface area contributed by atoms with E-state index in [-0.39, 0.29) is 18.2 Å². The third kappa shape index (κ3) is 4.16. The molecule has 3 rings (SSSR count). The summed E-state index contributed by atoms with van der Waals surface area (Å²) in [4.78, 5) is 24.2. The van der Waals surface area contributed by atoms with Crippen molar-refractivity contribution in [3.05, 3.63) is 40.4 Å². The van der Waals surface area contributed by atoms with E-state index in [0.29, 0.717) is 28.6 Å².